The van der Waals surface area contributed by atoms with Crippen LogP contribution in [0.5, 0.6) is 0 Å². The van der Waals surface area contributed by atoms with Crippen molar-refractivity contribution in [3.8, 4) is 0 Å². The van der Waals surface area contributed by atoms with Crippen LogP contribution in [0.3, 0.4) is 0 Å². The van der Waals surface area contributed by atoms with Gasteiger partial charge in [0.25, 0.3) is 10.0 Å². The molecule has 4 nitrogen and oxygen atoms in total. The van der Waals surface area contributed by atoms with Gasteiger partial charge >= 0.3 is 0 Å². The maximum atomic E-state index is 12.2. The third-order valence-electron chi connectivity index (χ3n) is 2.82. The summed E-state index contributed by atoms with van der Waals surface area (Å²) in [6.45, 7) is 3.61. The molecule has 0 fully saturated rings. The predicted molar refractivity (Wildman–Crippen MR) is 80.3 cm³/mol. The molecule has 0 saturated carbocycles. The first-order chi connectivity index (χ1) is 9.49. The van der Waals surface area contributed by atoms with E-state index in [1.54, 1.807) is 19.1 Å². The number of hydrogen-bond donors (Lipinski definition) is 1. The first-order valence-corrected chi connectivity index (χ1v) is 7.64. The fourth-order valence-electron chi connectivity index (χ4n) is 1.76. The average Bonchev–Trinajstić information content (AvgIpc) is 2.42. The molecule has 0 bridgehead atoms. The number of rotatable bonds is 4. The van der Waals surface area contributed by atoms with E-state index in [4.69, 9.17) is 0 Å². The van der Waals surface area contributed by atoms with Gasteiger partial charge in [-0.1, -0.05) is 42.5 Å². The number of hydrogen-bond acceptors (Lipinski definition) is 3. The van der Waals surface area contributed by atoms with Crippen molar-refractivity contribution >= 4 is 16.2 Å². The van der Waals surface area contributed by atoms with Crippen molar-refractivity contribution < 1.29 is 8.42 Å². The zero-order chi connectivity index (χ0) is 14.6. The van der Waals surface area contributed by atoms with E-state index < -0.39 is 10.0 Å². The Labute approximate surface area is 119 Å². The fourth-order valence-corrected chi connectivity index (χ4v) is 2.88. The van der Waals surface area contributed by atoms with Crippen molar-refractivity contribution in [3.63, 3.8) is 0 Å². The molecule has 0 saturated heterocycles. The van der Waals surface area contributed by atoms with Crippen LogP contribution in [-0.2, 0) is 10.0 Å². The first kappa shape index (κ1) is 14.3. The lowest BCUT2D eigenvalue weighted by Crippen LogP contribution is -2.19. The summed E-state index contributed by atoms with van der Waals surface area (Å²) in [7, 11) is -3.63. The van der Waals surface area contributed by atoms with Gasteiger partial charge in [0, 0.05) is 0 Å². The molecule has 0 aromatic heterocycles. The highest BCUT2D eigenvalue weighted by molar-refractivity contribution is 7.89. The Balaban J connectivity index is 2.20. The van der Waals surface area contributed by atoms with E-state index in [-0.39, 0.29) is 4.90 Å². The molecule has 0 spiro atoms. The zero-order valence-electron chi connectivity index (χ0n) is 11.4. The van der Waals surface area contributed by atoms with E-state index in [0.29, 0.717) is 5.56 Å². The predicted octanol–water partition coefficient (Wildman–Crippen LogP) is 2.62. The van der Waals surface area contributed by atoms with Crippen molar-refractivity contribution in [2.75, 3.05) is 0 Å². The second kappa shape index (κ2) is 5.88. The van der Waals surface area contributed by atoms with Gasteiger partial charge in [0.1, 0.15) is 0 Å². The van der Waals surface area contributed by atoms with Gasteiger partial charge in [0.05, 0.1) is 11.1 Å². The SMILES string of the molecule is Cc1ccc(C)c(S(=O)(=O)N/N=C\c2ccccc2)c1. The molecule has 0 aliphatic carbocycles. The molecule has 2 aromatic rings. The summed E-state index contributed by atoms with van der Waals surface area (Å²) >= 11 is 0. The van der Waals surface area contributed by atoms with E-state index in [9.17, 15) is 8.42 Å². The number of nitrogens with one attached hydrogen (secondary N) is 1. The van der Waals surface area contributed by atoms with E-state index in [1.165, 1.54) is 6.21 Å². The minimum Gasteiger partial charge on any atom is -0.200 e. The van der Waals surface area contributed by atoms with Crippen LogP contribution in [0.15, 0.2) is 58.5 Å². The van der Waals surface area contributed by atoms with Gasteiger partial charge < -0.3 is 0 Å². The second-order valence-corrected chi connectivity index (χ2v) is 6.16. The van der Waals surface area contributed by atoms with Gasteiger partial charge in [-0.15, -0.1) is 0 Å². The van der Waals surface area contributed by atoms with E-state index in [1.807, 2.05) is 43.3 Å². The molecule has 2 rings (SSSR count). The van der Waals surface area contributed by atoms with Gasteiger partial charge in [-0.05, 0) is 36.6 Å². The highest BCUT2D eigenvalue weighted by atomic mass is 32.2. The monoisotopic (exact) mass is 288 g/mol. The summed E-state index contributed by atoms with van der Waals surface area (Å²) in [6, 6.07) is 14.6. The van der Waals surface area contributed by atoms with Crippen molar-refractivity contribution in [1.29, 1.82) is 0 Å². The fraction of sp³-hybridized carbons (Fsp3) is 0.133. The number of benzene rings is 2. The number of sulfonamides is 1. The Morgan fingerprint density at radius 2 is 1.75 bits per heavy atom. The molecule has 0 amide bonds. The van der Waals surface area contributed by atoms with Crippen molar-refractivity contribution in [2.45, 2.75) is 18.7 Å². The van der Waals surface area contributed by atoms with E-state index in [2.05, 4.69) is 9.93 Å². The van der Waals surface area contributed by atoms with Crippen molar-refractivity contribution in [3.05, 3.63) is 65.2 Å². The molecule has 20 heavy (non-hydrogen) atoms. The Hall–Kier alpha value is -2.14. The number of aryl methyl sites for hydroxylation is 2. The number of nitrogens with zero attached hydrogens (tertiary/aromatic N) is 1. The van der Waals surface area contributed by atoms with Crippen LogP contribution < -0.4 is 4.83 Å². The van der Waals surface area contributed by atoms with Gasteiger partial charge in [-0.2, -0.15) is 13.5 Å². The maximum Gasteiger partial charge on any atom is 0.276 e. The molecule has 0 atom stereocenters. The summed E-state index contributed by atoms with van der Waals surface area (Å²) in [5.74, 6) is 0. The molecule has 0 heterocycles. The standard InChI is InChI=1S/C15H16N2O2S/c1-12-8-9-13(2)15(10-12)20(18,19)17-16-11-14-6-4-3-5-7-14/h3-11,17H,1-2H3/b16-11-. The smallest absolute Gasteiger partial charge is 0.200 e. The van der Waals surface area contributed by atoms with Crippen molar-refractivity contribution in [1.82, 2.24) is 4.83 Å². The Morgan fingerprint density at radius 3 is 2.45 bits per heavy atom. The third kappa shape index (κ3) is 3.45. The Bertz CT molecular complexity index is 723. The van der Waals surface area contributed by atoms with Crippen LogP contribution in [0, 0.1) is 13.8 Å². The molecular formula is C15H16N2O2S. The zero-order valence-corrected chi connectivity index (χ0v) is 12.2. The van der Waals surface area contributed by atoms with Crippen LogP contribution in [-0.4, -0.2) is 14.6 Å². The van der Waals surface area contributed by atoms with Crippen LogP contribution in [0.25, 0.3) is 0 Å². The summed E-state index contributed by atoms with van der Waals surface area (Å²) in [5.41, 5.74) is 2.41. The average molecular weight is 288 g/mol. The lowest BCUT2D eigenvalue weighted by Gasteiger charge is -2.07. The van der Waals surface area contributed by atoms with Gasteiger partial charge in [-0.25, -0.2) is 4.83 Å². The summed E-state index contributed by atoms with van der Waals surface area (Å²) in [6.07, 6.45) is 1.47. The maximum absolute atomic E-state index is 12.2. The largest absolute Gasteiger partial charge is 0.276 e. The molecule has 104 valence electrons. The lowest BCUT2D eigenvalue weighted by molar-refractivity contribution is 0.584. The van der Waals surface area contributed by atoms with Crippen LogP contribution >= 0.6 is 0 Å². The van der Waals surface area contributed by atoms with E-state index in [0.717, 1.165) is 11.1 Å². The van der Waals surface area contributed by atoms with Gasteiger partial charge in [-0.3, -0.25) is 0 Å². The normalized spacial score (nSPS) is 11.7. The molecule has 1 N–H and O–H groups in total. The Kier molecular flexibility index (Phi) is 4.20. The first-order valence-electron chi connectivity index (χ1n) is 6.16. The topological polar surface area (TPSA) is 58.5 Å². The van der Waals surface area contributed by atoms with E-state index >= 15 is 0 Å². The molecule has 5 heteroatoms. The van der Waals surface area contributed by atoms with Crippen LogP contribution in [0.4, 0.5) is 0 Å². The second-order valence-electron chi connectivity index (χ2n) is 4.53. The minimum absolute atomic E-state index is 0.253. The minimum atomic E-state index is -3.63. The highest BCUT2D eigenvalue weighted by Crippen LogP contribution is 2.16. The Morgan fingerprint density at radius 1 is 1.05 bits per heavy atom. The van der Waals surface area contributed by atoms with Gasteiger partial charge in [0.2, 0.25) is 0 Å². The highest BCUT2D eigenvalue weighted by Gasteiger charge is 2.15. The van der Waals surface area contributed by atoms with Gasteiger partial charge in [0.15, 0.2) is 0 Å². The molecule has 2 aromatic carbocycles. The molecule has 0 unspecified atom stereocenters. The number of hydrazone groups is 1. The summed E-state index contributed by atoms with van der Waals surface area (Å²) in [4.78, 5) is 2.49. The quantitative estimate of drug-likeness (QED) is 0.694. The van der Waals surface area contributed by atoms with Crippen LogP contribution in [0.1, 0.15) is 16.7 Å². The summed E-state index contributed by atoms with van der Waals surface area (Å²) in [5, 5.41) is 3.80. The molecule has 0 aliphatic rings. The summed E-state index contributed by atoms with van der Waals surface area (Å²) < 4.78 is 24.3. The molecule has 0 radical (unpaired) electrons. The molecule has 0 aliphatic heterocycles. The third-order valence-corrected chi connectivity index (χ3v) is 4.18. The van der Waals surface area contributed by atoms with Crippen LogP contribution in [0.2, 0.25) is 0 Å². The van der Waals surface area contributed by atoms with Crippen molar-refractivity contribution in [2.24, 2.45) is 5.10 Å². The lowest BCUT2D eigenvalue weighted by atomic mass is 10.2. The molecular weight excluding hydrogens is 272 g/mol.